The fraction of sp³-hybridized carbons (Fsp3) is 0.222. The number of alkyl carbamates (subject to hydrolysis) is 1. The average Bonchev–Trinajstić information content (AvgIpc) is 3.15. The highest BCUT2D eigenvalue weighted by Gasteiger charge is 2.30. The predicted octanol–water partition coefficient (Wildman–Crippen LogP) is 5.54. The van der Waals surface area contributed by atoms with Crippen molar-refractivity contribution in [3.63, 3.8) is 0 Å². The summed E-state index contributed by atoms with van der Waals surface area (Å²) in [6, 6.07) is 19.2. The second kappa shape index (κ2) is 10.2. The number of rotatable bonds is 7. The Morgan fingerprint density at radius 2 is 1.57 bits per heavy atom. The van der Waals surface area contributed by atoms with Gasteiger partial charge >= 0.3 is 12.1 Å². The van der Waals surface area contributed by atoms with Crippen LogP contribution in [0.1, 0.15) is 41.3 Å². The molecule has 0 radical (unpaired) electrons. The lowest BCUT2D eigenvalue weighted by atomic mass is 9.98. The fourth-order valence-corrected chi connectivity index (χ4v) is 4.49. The molecular weight excluding hydrogens is 468 g/mol. The molecule has 8 heteroatoms. The van der Waals surface area contributed by atoms with Gasteiger partial charge in [0.05, 0.1) is 11.3 Å². The van der Waals surface area contributed by atoms with E-state index in [4.69, 9.17) is 16.3 Å². The van der Waals surface area contributed by atoms with Crippen LogP contribution in [0.25, 0.3) is 11.1 Å². The zero-order chi connectivity index (χ0) is 25.1. The highest BCUT2D eigenvalue weighted by Crippen LogP contribution is 2.44. The summed E-state index contributed by atoms with van der Waals surface area (Å²) in [5, 5.41) is 14.8. The van der Waals surface area contributed by atoms with Crippen molar-refractivity contribution in [2.75, 3.05) is 11.9 Å². The molecule has 3 aromatic carbocycles. The van der Waals surface area contributed by atoms with Gasteiger partial charge in [0.15, 0.2) is 0 Å². The molecule has 0 spiro atoms. The topological polar surface area (TPSA) is 105 Å². The summed E-state index contributed by atoms with van der Waals surface area (Å²) in [4.78, 5) is 37.1. The normalized spacial score (nSPS) is 13.0. The van der Waals surface area contributed by atoms with E-state index >= 15 is 0 Å². The van der Waals surface area contributed by atoms with E-state index in [9.17, 15) is 19.5 Å². The molecule has 2 amide bonds. The minimum absolute atomic E-state index is 0.0897. The Morgan fingerprint density at radius 3 is 2.14 bits per heavy atom. The van der Waals surface area contributed by atoms with Crippen LogP contribution in [0.5, 0.6) is 0 Å². The summed E-state index contributed by atoms with van der Waals surface area (Å²) in [6.45, 7) is 3.66. The predicted molar refractivity (Wildman–Crippen MR) is 134 cm³/mol. The van der Waals surface area contributed by atoms with E-state index in [1.807, 2.05) is 36.4 Å². The number of carbonyl (C=O) groups is 3. The Labute approximate surface area is 208 Å². The first-order valence-corrected chi connectivity index (χ1v) is 11.6. The molecule has 0 bridgehead atoms. The van der Waals surface area contributed by atoms with Gasteiger partial charge in [-0.2, -0.15) is 0 Å². The first-order chi connectivity index (χ1) is 16.8. The van der Waals surface area contributed by atoms with E-state index in [0.717, 1.165) is 22.3 Å². The van der Waals surface area contributed by atoms with E-state index in [1.54, 1.807) is 13.8 Å². The number of aromatic carboxylic acids is 1. The molecule has 1 unspecified atom stereocenters. The molecule has 0 saturated carbocycles. The van der Waals surface area contributed by atoms with Gasteiger partial charge in [0.1, 0.15) is 12.6 Å². The zero-order valence-electron chi connectivity index (χ0n) is 19.2. The largest absolute Gasteiger partial charge is 0.478 e. The van der Waals surface area contributed by atoms with Crippen LogP contribution in [-0.2, 0) is 9.53 Å². The van der Waals surface area contributed by atoms with Crippen molar-refractivity contribution in [3.8, 4) is 11.1 Å². The Kier molecular flexibility index (Phi) is 7.07. The molecule has 35 heavy (non-hydrogen) atoms. The third kappa shape index (κ3) is 5.15. The average molecular weight is 493 g/mol. The van der Waals surface area contributed by atoms with E-state index in [-0.39, 0.29) is 34.7 Å². The van der Waals surface area contributed by atoms with Crippen LogP contribution in [0.15, 0.2) is 66.7 Å². The molecule has 0 saturated heterocycles. The standard InChI is InChI=1S/C27H25ClN2O5/c1-15(2)24(25(31)29-23-12-11-16(28)13-21(23)26(32)33)30-27(34)35-14-22-19-9-5-3-7-17(19)18-8-4-6-10-20(18)22/h3-13,15,22,24H,14H2,1-2H3,(H,29,31)(H,30,34)(H,32,33). The Bertz CT molecular complexity index is 1240. The summed E-state index contributed by atoms with van der Waals surface area (Å²) in [7, 11) is 0. The third-order valence-electron chi connectivity index (χ3n) is 6.04. The van der Waals surface area contributed by atoms with Crippen molar-refractivity contribution in [1.29, 1.82) is 0 Å². The smallest absolute Gasteiger partial charge is 0.407 e. The SMILES string of the molecule is CC(C)C(NC(=O)OCC1c2ccccc2-c2ccccc21)C(=O)Nc1ccc(Cl)cc1C(=O)O. The number of nitrogens with one attached hydrogen (secondary N) is 2. The number of anilines is 1. The monoisotopic (exact) mass is 492 g/mol. The summed E-state index contributed by atoms with van der Waals surface area (Å²) in [5.41, 5.74) is 4.36. The van der Waals surface area contributed by atoms with Gasteiger partial charge < -0.3 is 20.5 Å². The molecule has 7 nitrogen and oxygen atoms in total. The zero-order valence-corrected chi connectivity index (χ0v) is 20.0. The molecule has 0 aliphatic heterocycles. The molecule has 0 aromatic heterocycles. The molecule has 1 aliphatic rings. The van der Waals surface area contributed by atoms with Gasteiger partial charge in [-0.1, -0.05) is 74.0 Å². The Morgan fingerprint density at radius 1 is 0.971 bits per heavy atom. The van der Waals surface area contributed by atoms with Crippen LogP contribution in [0.2, 0.25) is 5.02 Å². The molecule has 0 heterocycles. The van der Waals surface area contributed by atoms with Gasteiger partial charge in [-0.05, 0) is 46.4 Å². The molecule has 1 aliphatic carbocycles. The van der Waals surface area contributed by atoms with Crippen LogP contribution in [0.4, 0.5) is 10.5 Å². The minimum Gasteiger partial charge on any atom is -0.478 e. The quantitative estimate of drug-likeness (QED) is 0.401. The summed E-state index contributed by atoms with van der Waals surface area (Å²) >= 11 is 5.88. The lowest BCUT2D eigenvalue weighted by molar-refractivity contribution is -0.119. The number of hydrogen-bond donors (Lipinski definition) is 3. The molecule has 3 aromatic rings. The van der Waals surface area contributed by atoms with Crippen LogP contribution >= 0.6 is 11.6 Å². The van der Waals surface area contributed by atoms with Gasteiger partial charge in [-0.15, -0.1) is 0 Å². The molecule has 3 N–H and O–H groups in total. The van der Waals surface area contributed by atoms with Crippen molar-refractivity contribution >= 4 is 35.3 Å². The number of halogens is 1. The lowest BCUT2D eigenvalue weighted by Gasteiger charge is -2.22. The molecule has 1 atom stereocenters. The molecule has 0 fully saturated rings. The second-order valence-corrected chi connectivity index (χ2v) is 9.11. The van der Waals surface area contributed by atoms with Crippen molar-refractivity contribution in [3.05, 3.63) is 88.4 Å². The summed E-state index contributed by atoms with van der Waals surface area (Å²) in [6.07, 6.45) is -0.727. The van der Waals surface area contributed by atoms with Gasteiger partial charge in [0.2, 0.25) is 5.91 Å². The lowest BCUT2D eigenvalue weighted by Crippen LogP contribution is -2.47. The fourth-order valence-electron chi connectivity index (χ4n) is 4.31. The van der Waals surface area contributed by atoms with Gasteiger partial charge in [0, 0.05) is 10.9 Å². The number of fused-ring (bicyclic) bond motifs is 3. The number of hydrogen-bond acceptors (Lipinski definition) is 4. The number of carboxylic acids is 1. The maximum atomic E-state index is 12.9. The Hall–Kier alpha value is -3.84. The van der Waals surface area contributed by atoms with Gasteiger partial charge in [0.25, 0.3) is 0 Å². The number of carbonyl (C=O) groups excluding carboxylic acids is 2. The van der Waals surface area contributed by atoms with Crippen LogP contribution < -0.4 is 10.6 Å². The number of carboxylic acid groups (broad SMARTS) is 1. The Balaban J connectivity index is 1.44. The maximum absolute atomic E-state index is 12.9. The highest BCUT2D eigenvalue weighted by molar-refractivity contribution is 6.31. The number of ether oxygens (including phenoxy) is 1. The summed E-state index contributed by atoms with van der Waals surface area (Å²) < 4.78 is 5.56. The van der Waals surface area contributed by atoms with Crippen molar-refractivity contribution in [2.24, 2.45) is 5.92 Å². The first kappa shape index (κ1) is 24.3. The second-order valence-electron chi connectivity index (χ2n) is 8.68. The molecule has 4 rings (SSSR count). The maximum Gasteiger partial charge on any atom is 0.407 e. The number of benzene rings is 3. The van der Waals surface area contributed by atoms with Gasteiger partial charge in [-0.25, -0.2) is 9.59 Å². The van der Waals surface area contributed by atoms with Crippen LogP contribution in [-0.4, -0.2) is 35.7 Å². The minimum atomic E-state index is -1.23. The molecular formula is C27H25ClN2O5. The van der Waals surface area contributed by atoms with E-state index < -0.39 is 24.0 Å². The van der Waals surface area contributed by atoms with Gasteiger partial charge in [-0.3, -0.25) is 4.79 Å². The summed E-state index contributed by atoms with van der Waals surface area (Å²) in [5.74, 6) is -2.17. The van der Waals surface area contributed by atoms with E-state index in [1.165, 1.54) is 18.2 Å². The highest BCUT2D eigenvalue weighted by atomic mass is 35.5. The van der Waals surface area contributed by atoms with Crippen molar-refractivity contribution in [2.45, 2.75) is 25.8 Å². The third-order valence-corrected chi connectivity index (χ3v) is 6.27. The first-order valence-electron chi connectivity index (χ1n) is 11.2. The molecule has 180 valence electrons. The van der Waals surface area contributed by atoms with Crippen LogP contribution in [0.3, 0.4) is 0 Å². The number of amides is 2. The van der Waals surface area contributed by atoms with Crippen molar-refractivity contribution < 1.29 is 24.2 Å². The van der Waals surface area contributed by atoms with E-state index in [0.29, 0.717) is 0 Å². The van der Waals surface area contributed by atoms with Crippen molar-refractivity contribution in [1.82, 2.24) is 5.32 Å². The van der Waals surface area contributed by atoms with E-state index in [2.05, 4.69) is 22.8 Å². The van der Waals surface area contributed by atoms with Crippen LogP contribution in [0, 0.1) is 5.92 Å².